The summed E-state index contributed by atoms with van der Waals surface area (Å²) in [6.07, 6.45) is 1.04. The van der Waals surface area contributed by atoms with Crippen molar-refractivity contribution in [2.24, 2.45) is 0 Å². The van der Waals surface area contributed by atoms with Crippen molar-refractivity contribution in [3.05, 3.63) is 60.2 Å². The Balaban J connectivity index is 1.59. The second kappa shape index (κ2) is 4.50. The van der Waals surface area contributed by atoms with E-state index in [4.69, 9.17) is 4.74 Å². The molecule has 0 saturated heterocycles. The molecule has 0 amide bonds. The molecule has 0 fully saturated rings. The molecule has 1 atom stereocenters. The highest BCUT2D eigenvalue weighted by Gasteiger charge is 2.20. The first-order chi connectivity index (χ1) is 8.42. The molecule has 17 heavy (non-hydrogen) atoms. The Morgan fingerprint density at radius 2 is 1.76 bits per heavy atom. The number of anilines is 1. The van der Waals surface area contributed by atoms with Crippen LogP contribution < -0.4 is 10.1 Å². The van der Waals surface area contributed by atoms with Crippen molar-refractivity contribution in [2.45, 2.75) is 12.5 Å². The maximum Gasteiger partial charge on any atom is 0.119 e. The van der Waals surface area contributed by atoms with Crippen molar-refractivity contribution in [2.75, 3.05) is 11.9 Å². The zero-order chi connectivity index (χ0) is 11.5. The second-order valence-electron chi connectivity index (χ2n) is 4.33. The molecule has 1 aliphatic heterocycles. The van der Waals surface area contributed by atoms with E-state index < -0.39 is 0 Å². The SMILES string of the molecule is c1ccc(OC[C@@H]2Cc3ccccc3N2)cc1. The molecule has 0 aliphatic carbocycles. The molecule has 2 aromatic rings. The number of fused-ring (bicyclic) bond motifs is 1. The van der Waals surface area contributed by atoms with Gasteiger partial charge in [-0.2, -0.15) is 0 Å². The fraction of sp³-hybridized carbons (Fsp3) is 0.200. The number of ether oxygens (including phenoxy) is 1. The first-order valence-corrected chi connectivity index (χ1v) is 5.94. The molecule has 0 saturated carbocycles. The summed E-state index contributed by atoms with van der Waals surface area (Å²) in [6, 6.07) is 18.8. The lowest BCUT2D eigenvalue weighted by atomic mass is 10.1. The van der Waals surface area contributed by atoms with Crippen molar-refractivity contribution in [1.82, 2.24) is 0 Å². The molecule has 2 heteroatoms. The van der Waals surface area contributed by atoms with E-state index in [1.807, 2.05) is 30.3 Å². The van der Waals surface area contributed by atoms with Gasteiger partial charge < -0.3 is 10.1 Å². The highest BCUT2D eigenvalue weighted by atomic mass is 16.5. The largest absolute Gasteiger partial charge is 0.491 e. The van der Waals surface area contributed by atoms with Crippen LogP contribution >= 0.6 is 0 Å². The van der Waals surface area contributed by atoms with Gasteiger partial charge in [0.15, 0.2) is 0 Å². The van der Waals surface area contributed by atoms with Gasteiger partial charge in [-0.15, -0.1) is 0 Å². The summed E-state index contributed by atoms with van der Waals surface area (Å²) in [5, 5.41) is 3.48. The van der Waals surface area contributed by atoms with E-state index in [-0.39, 0.29) is 0 Å². The van der Waals surface area contributed by atoms with E-state index in [9.17, 15) is 0 Å². The Morgan fingerprint density at radius 1 is 1.00 bits per heavy atom. The highest BCUT2D eigenvalue weighted by Crippen LogP contribution is 2.25. The minimum absolute atomic E-state index is 0.382. The maximum absolute atomic E-state index is 5.76. The topological polar surface area (TPSA) is 21.3 Å². The summed E-state index contributed by atoms with van der Waals surface area (Å²) < 4.78 is 5.76. The van der Waals surface area contributed by atoms with Crippen molar-refractivity contribution in [1.29, 1.82) is 0 Å². The van der Waals surface area contributed by atoms with Crippen LogP contribution in [0.3, 0.4) is 0 Å². The van der Waals surface area contributed by atoms with Gasteiger partial charge in [0, 0.05) is 5.69 Å². The molecule has 1 N–H and O–H groups in total. The zero-order valence-corrected chi connectivity index (χ0v) is 9.60. The molecule has 1 heterocycles. The molecule has 0 unspecified atom stereocenters. The van der Waals surface area contributed by atoms with E-state index in [0.29, 0.717) is 12.6 Å². The Morgan fingerprint density at radius 3 is 2.59 bits per heavy atom. The Bertz CT molecular complexity index is 470. The first-order valence-electron chi connectivity index (χ1n) is 5.94. The third-order valence-corrected chi connectivity index (χ3v) is 3.04. The smallest absolute Gasteiger partial charge is 0.119 e. The van der Waals surface area contributed by atoms with Crippen LogP contribution in [0.25, 0.3) is 0 Å². The zero-order valence-electron chi connectivity index (χ0n) is 9.60. The lowest BCUT2D eigenvalue weighted by Gasteiger charge is -2.12. The molecule has 0 bridgehead atoms. The Kier molecular flexibility index (Phi) is 2.70. The monoisotopic (exact) mass is 225 g/mol. The summed E-state index contributed by atoms with van der Waals surface area (Å²) in [5.41, 5.74) is 2.63. The van der Waals surface area contributed by atoms with Crippen LogP contribution in [0.1, 0.15) is 5.56 Å². The number of hydrogen-bond donors (Lipinski definition) is 1. The molecule has 2 nitrogen and oxygen atoms in total. The van der Waals surface area contributed by atoms with Gasteiger partial charge in [0.05, 0.1) is 6.04 Å². The van der Waals surface area contributed by atoms with Crippen molar-refractivity contribution in [3.8, 4) is 5.75 Å². The third kappa shape index (κ3) is 2.26. The van der Waals surface area contributed by atoms with Crippen molar-refractivity contribution < 1.29 is 4.74 Å². The van der Waals surface area contributed by atoms with Gasteiger partial charge in [0.2, 0.25) is 0 Å². The Hall–Kier alpha value is -1.96. The van der Waals surface area contributed by atoms with Crippen LogP contribution in [-0.4, -0.2) is 12.6 Å². The number of para-hydroxylation sites is 2. The predicted octanol–water partition coefficient (Wildman–Crippen LogP) is 3.10. The molecule has 0 aromatic heterocycles. The van der Waals surface area contributed by atoms with Crippen molar-refractivity contribution >= 4 is 5.69 Å². The van der Waals surface area contributed by atoms with Gasteiger partial charge >= 0.3 is 0 Å². The summed E-state index contributed by atoms with van der Waals surface area (Å²) in [5.74, 6) is 0.935. The molecule has 2 aromatic carbocycles. The average molecular weight is 225 g/mol. The van der Waals surface area contributed by atoms with E-state index in [1.54, 1.807) is 0 Å². The summed E-state index contributed by atoms with van der Waals surface area (Å²) in [7, 11) is 0. The summed E-state index contributed by atoms with van der Waals surface area (Å²) in [6.45, 7) is 0.707. The van der Waals surface area contributed by atoms with Gasteiger partial charge in [-0.25, -0.2) is 0 Å². The van der Waals surface area contributed by atoms with Crippen LogP contribution in [0.2, 0.25) is 0 Å². The number of rotatable bonds is 3. The van der Waals surface area contributed by atoms with Crippen molar-refractivity contribution in [3.63, 3.8) is 0 Å². The van der Waals surface area contributed by atoms with Gasteiger partial charge in [-0.3, -0.25) is 0 Å². The molecular weight excluding hydrogens is 210 g/mol. The summed E-state index contributed by atoms with van der Waals surface area (Å²) >= 11 is 0. The fourth-order valence-corrected chi connectivity index (χ4v) is 2.19. The van der Waals surface area contributed by atoms with Crippen LogP contribution in [0, 0.1) is 0 Å². The molecule has 3 rings (SSSR count). The minimum atomic E-state index is 0.382. The van der Waals surface area contributed by atoms with E-state index in [0.717, 1.165) is 12.2 Å². The van der Waals surface area contributed by atoms with Gasteiger partial charge in [0.25, 0.3) is 0 Å². The standard InChI is InChI=1S/C15H15NO/c1-2-7-14(8-3-1)17-11-13-10-12-6-4-5-9-15(12)16-13/h1-9,13,16H,10-11H2/t13-/m0/s1. The lowest BCUT2D eigenvalue weighted by Crippen LogP contribution is -2.24. The fourth-order valence-electron chi connectivity index (χ4n) is 2.19. The Labute approximate surface area is 101 Å². The molecular formula is C15H15NO. The molecule has 1 aliphatic rings. The van der Waals surface area contributed by atoms with Crippen LogP contribution in [0.15, 0.2) is 54.6 Å². The molecule has 0 radical (unpaired) electrons. The number of benzene rings is 2. The highest BCUT2D eigenvalue weighted by molar-refractivity contribution is 5.56. The third-order valence-electron chi connectivity index (χ3n) is 3.04. The van der Waals surface area contributed by atoms with Crippen LogP contribution in [0.5, 0.6) is 5.75 Å². The average Bonchev–Trinajstić information content (AvgIpc) is 2.80. The van der Waals surface area contributed by atoms with Gasteiger partial charge in [0.1, 0.15) is 12.4 Å². The van der Waals surface area contributed by atoms with Crippen LogP contribution in [0.4, 0.5) is 5.69 Å². The predicted molar refractivity (Wildman–Crippen MR) is 69.5 cm³/mol. The normalized spacial score (nSPS) is 17.3. The number of nitrogens with one attached hydrogen (secondary N) is 1. The van der Waals surface area contributed by atoms with E-state index in [1.165, 1.54) is 11.3 Å². The second-order valence-corrected chi connectivity index (χ2v) is 4.33. The van der Waals surface area contributed by atoms with Gasteiger partial charge in [-0.05, 0) is 30.2 Å². The minimum Gasteiger partial charge on any atom is -0.491 e. The first kappa shape index (κ1) is 10.2. The quantitative estimate of drug-likeness (QED) is 0.866. The van der Waals surface area contributed by atoms with E-state index in [2.05, 4.69) is 29.6 Å². The maximum atomic E-state index is 5.76. The lowest BCUT2D eigenvalue weighted by molar-refractivity contribution is 0.299. The van der Waals surface area contributed by atoms with E-state index >= 15 is 0 Å². The molecule has 0 spiro atoms. The van der Waals surface area contributed by atoms with Crippen LogP contribution in [-0.2, 0) is 6.42 Å². The van der Waals surface area contributed by atoms with Gasteiger partial charge in [-0.1, -0.05) is 36.4 Å². The summed E-state index contributed by atoms with van der Waals surface area (Å²) in [4.78, 5) is 0. The molecule has 86 valence electrons. The number of hydrogen-bond acceptors (Lipinski definition) is 2.